The van der Waals surface area contributed by atoms with Gasteiger partial charge in [-0.15, -0.1) is 0 Å². The molecule has 5 nitrogen and oxygen atoms in total. The van der Waals surface area contributed by atoms with Crippen LogP contribution in [0.5, 0.6) is 0 Å². The van der Waals surface area contributed by atoms with Gasteiger partial charge in [-0.05, 0) is 41.8 Å². The zero-order chi connectivity index (χ0) is 18.8. The Hall–Kier alpha value is -3.35. The molecular formula is C19H15F2N3O2. The van der Waals surface area contributed by atoms with Gasteiger partial charge in [-0.1, -0.05) is 6.07 Å². The molecule has 3 rings (SSSR count). The van der Waals surface area contributed by atoms with Gasteiger partial charge in [0.05, 0.1) is 17.0 Å². The summed E-state index contributed by atoms with van der Waals surface area (Å²) in [4.78, 5) is 27.8. The van der Waals surface area contributed by atoms with E-state index in [9.17, 15) is 18.4 Å². The van der Waals surface area contributed by atoms with Crippen molar-refractivity contribution in [2.75, 3.05) is 0 Å². The minimum absolute atomic E-state index is 0.180. The second kappa shape index (κ2) is 6.87. The van der Waals surface area contributed by atoms with E-state index in [4.69, 9.17) is 5.73 Å². The van der Waals surface area contributed by atoms with Gasteiger partial charge in [0, 0.05) is 25.4 Å². The van der Waals surface area contributed by atoms with Crippen molar-refractivity contribution in [3.05, 3.63) is 87.3 Å². The number of rotatable bonds is 4. The van der Waals surface area contributed by atoms with Crippen LogP contribution in [-0.4, -0.2) is 15.5 Å². The summed E-state index contributed by atoms with van der Waals surface area (Å²) in [7, 11) is 1.52. The average molecular weight is 355 g/mol. The summed E-state index contributed by atoms with van der Waals surface area (Å²) < 4.78 is 27.9. The Morgan fingerprint density at radius 3 is 2.35 bits per heavy atom. The van der Waals surface area contributed by atoms with Crippen LogP contribution >= 0.6 is 0 Å². The predicted octanol–water partition coefficient (Wildman–Crippen LogP) is 2.42. The molecule has 0 spiro atoms. The van der Waals surface area contributed by atoms with Gasteiger partial charge in [-0.3, -0.25) is 14.6 Å². The summed E-state index contributed by atoms with van der Waals surface area (Å²) in [5, 5.41) is 0. The van der Waals surface area contributed by atoms with Gasteiger partial charge in [-0.25, -0.2) is 8.78 Å². The molecule has 2 heterocycles. The number of hydrogen-bond donors (Lipinski definition) is 1. The van der Waals surface area contributed by atoms with Gasteiger partial charge < -0.3 is 10.3 Å². The fourth-order valence-corrected chi connectivity index (χ4v) is 2.76. The number of aromatic nitrogens is 2. The van der Waals surface area contributed by atoms with Crippen molar-refractivity contribution in [2.24, 2.45) is 12.8 Å². The molecule has 1 aromatic carbocycles. The van der Waals surface area contributed by atoms with E-state index in [-0.39, 0.29) is 11.1 Å². The van der Waals surface area contributed by atoms with Crippen molar-refractivity contribution in [3.63, 3.8) is 0 Å². The number of carbonyl (C=O) groups excluding carboxylic acids is 1. The first-order valence-corrected chi connectivity index (χ1v) is 7.75. The van der Waals surface area contributed by atoms with Gasteiger partial charge in [0.15, 0.2) is 0 Å². The first-order chi connectivity index (χ1) is 12.3. The molecule has 0 fully saturated rings. The lowest BCUT2D eigenvalue weighted by atomic mass is 10.0. The van der Waals surface area contributed by atoms with Crippen LogP contribution in [0, 0.1) is 11.6 Å². The standard InChI is InChI=1S/C19H15F2N3O2/c1-24-17(25)5-3-15(19(22)26)18(24)16-4-2-11(10-23-16)6-12-7-13(20)9-14(21)8-12/h2-5,7-10H,6H2,1H3,(H2,22,26). The zero-order valence-corrected chi connectivity index (χ0v) is 13.9. The number of primary amides is 1. The molecule has 3 aromatic rings. The van der Waals surface area contributed by atoms with E-state index in [2.05, 4.69) is 4.98 Å². The lowest BCUT2D eigenvalue weighted by Gasteiger charge is -2.12. The zero-order valence-electron chi connectivity index (χ0n) is 13.9. The number of nitrogens with two attached hydrogens (primary N) is 1. The van der Waals surface area contributed by atoms with Gasteiger partial charge >= 0.3 is 0 Å². The van der Waals surface area contributed by atoms with Gasteiger partial charge in [0.2, 0.25) is 0 Å². The Balaban J connectivity index is 1.97. The molecular weight excluding hydrogens is 340 g/mol. The summed E-state index contributed by atoms with van der Waals surface area (Å²) in [6, 6.07) is 9.29. The third-order valence-corrected chi connectivity index (χ3v) is 3.98. The van der Waals surface area contributed by atoms with E-state index in [1.165, 1.54) is 42.1 Å². The molecule has 0 saturated carbocycles. The Morgan fingerprint density at radius 2 is 1.77 bits per heavy atom. The Labute approximate surface area is 147 Å². The maximum atomic E-state index is 13.3. The highest BCUT2D eigenvalue weighted by atomic mass is 19.1. The van der Waals surface area contributed by atoms with E-state index in [0.29, 0.717) is 23.4 Å². The lowest BCUT2D eigenvalue weighted by molar-refractivity contribution is 0.1000. The number of pyridine rings is 2. The van der Waals surface area contributed by atoms with Crippen molar-refractivity contribution >= 4 is 5.91 Å². The molecule has 0 unspecified atom stereocenters. The van der Waals surface area contributed by atoms with Crippen molar-refractivity contribution < 1.29 is 13.6 Å². The SMILES string of the molecule is Cn1c(-c2ccc(Cc3cc(F)cc(F)c3)cn2)c(C(N)=O)ccc1=O. The maximum absolute atomic E-state index is 13.3. The molecule has 1 amide bonds. The highest BCUT2D eigenvalue weighted by Crippen LogP contribution is 2.21. The van der Waals surface area contributed by atoms with Crippen molar-refractivity contribution in [1.29, 1.82) is 0 Å². The second-order valence-corrected chi connectivity index (χ2v) is 5.86. The Bertz CT molecular complexity index is 1020. The summed E-state index contributed by atoms with van der Waals surface area (Å²) in [5.74, 6) is -1.96. The number of nitrogens with zero attached hydrogens (tertiary/aromatic N) is 2. The average Bonchev–Trinajstić information content (AvgIpc) is 2.57. The van der Waals surface area contributed by atoms with Crippen molar-refractivity contribution in [2.45, 2.75) is 6.42 Å². The summed E-state index contributed by atoms with van der Waals surface area (Å²) in [6.45, 7) is 0. The monoisotopic (exact) mass is 355 g/mol. The van der Waals surface area contributed by atoms with E-state index < -0.39 is 17.5 Å². The number of amides is 1. The van der Waals surface area contributed by atoms with Crippen LogP contribution in [0.2, 0.25) is 0 Å². The van der Waals surface area contributed by atoms with Crippen LogP contribution < -0.4 is 11.3 Å². The third kappa shape index (κ3) is 3.51. The van der Waals surface area contributed by atoms with Crippen LogP contribution in [0.4, 0.5) is 8.78 Å². The molecule has 0 bridgehead atoms. The van der Waals surface area contributed by atoms with E-state index >= 15 is 0 Å². The normalized spacial score (nSPS) is 10.7. The van der Waals surface area contributed by atoms with E-state index in [1.54, 1.807) is 12.1 Å². The van der Waals surface area contributed by atoms with Crippen LogP contribution in [-0.2, 0) is 13.5 Å². The smallest absolute Gasteiger partial charge is 0.250 e. The first-order valence-electron chi connectivity index (χ1n) is 7.75. The van der Waals surface area contributed by atoms with Gasteiger partial charge in [0.25, 0.3) is 11.5 Å². The lowest BCUT2D eigenvalue weighted by Crippen LogP contribution is -2.23. The Morgan fingerprint density at radius 1 is 1.08 bits per heavy atom. The Kier molecular flexibility index (Phi) is 4.62. The predicted molar refractivity (Wildman–Crippen MR) is 92.6 cm³/mol. The van der Waals surface area contributed by atoms with Crippen molar-refractivity contribution in [1.82, 2.24) is 9.55 Å². The van der Waals surface area contributed by atoms with Gasteiger partial charge in [-0.2, -0.15) is 0 Å². The minimum Gasteiger partial charge on any atom is -0.366 e. The maximum Gasteiger partial charge on any atom is 0.250 e. The van der Waals surface area contributed by atoms with E-state index in [1.807, 2.05) is 0 Å². The number of halogens is 2. The third-order valence-electron chi connectivity index (χ3n) is 3.98. The molecule has 0 radical (unpaired) electrons. The number of hydrogen-bond acceptors (Lipinski definition) is 3. The second-order valence-electron chi connectivity index (χ2n) is 5.86. The van der Waals surface area contributed by atoms with Crippen LogP contribution in [0.25, 0.3) is 11.4 Å². The topological polar surface area (TPSA) is 78.0 Å². The highest BCUT2D eigenvalue weighted by Gasteiger charge is 2.15. The molecule has 2 aromatic heterocycles. The molecule has 26 heavy (non-hydrogen) atoms. The summed E-state index contributed by atoms with van der Waals surface area (Å²) in [5.41, 5.74) is 7.16. The minimum atomic E-state index is -0.670. The van der Waals surface area contributed by atoms with Crippen LogP contribution in [0.3, 0.4) is 0 Å². The quantitative estimate of drug-likeness (QED) is 0.781. The summed E-state index contributed by atoms with van der Waals surface area (Å²) in [6.07, 6.45) is 1.82. The van der Waals surface area contributed by atoms with Crippen LogP contribution in [0.15, 0.2) is 53.5 Å². The molecule has 132 valence electrons. The van der Waals surface area contributed by atoms with E-state index in [0.717, 1.165) is 11.6 Å². The van der Waals surface area contributed by atoms with Gasteiger partial charge in [0.1, 0.15) is 11.6 Å². The molecule has 0 aliphatic rings. The fourth-order valence-electron chi connectivity index (χ4n) is 2.76. The molecule has 7 heteroatoms. The molecule has 2 N–H and O–H groups in total. The largest absolute Gasteiger partial charge is 0.366 e. The molecule has 0 saturated heterocycles. The fraction of sp³-hybridized carbons (Fsp3) is 0.105. The first kappa shape index (κ1) is 17.5. The number of carbonyl (C=O) groups is 1. The molecule has 0 aliphatic carbocycles. The molecule has 0 atom stereocenters. The summed E-state index contributed by atoms with van der Waals surface area (Å²) >= 11 is 0. The number of benzene rings is 1. The van der Waals surface area contributed by atoms with Crippen molar-refractivity contribution in [3.8, 4) is 11.4 Å². The van der Waals surface area contributed by atoms with Crippen LogP contribution in [0.1, 0.15) is 21.5 Å². The highest BCUT2D eigenvalue weighted by molar-refractivity contribution is 5.98. The molecule has 0 aliphatic heterocycles.